The molecule has 0 atom stereocenters. The average Bonchev–Trinajstić information content (AvgIpc) is 3.45. The Morgan fingerprint density at radius 1 is 0.806 bits per heavy atom. The largest absolute Gasteiger partial charge is 2.00 e. The van der Waals surface area contributed by atoms with E-state index >= 15 is 0 Å². The van der Waals surface area contributed by atoms with E-state index in [2.05, 4.69) is 27.3 Å². The van der Waals surface area contributed by atoms with Gasteiger partial charge in [0.2, 0.25) is 0 Å². The normalized spacial score (nSPS) is 12.1. The van der Waals surface area contributed by atoms with Crippen LogP contribution in [0, 0.1) is 12.1 Å². The fraction of sp³-hybridized carbons (Fsp3) is 0.0714. The zero-order valence-corrected chi connectivity index (χ0v) is 21.9. The zero-order valence-electron chi connectivity index (χ0n) is 19.7. The van der Waals surface area contributed by atoms with E-state index in [1.165, 1.54) is 0 Å². The molecule has 0 radical (unpaired) electrons. The molecule has 0 saturated carbocycles. The Morgan fingerprint density at radius 2 is 1.53 bits per heavy atom. The van der Waals surface area contributed by atoms with E-state index < -0.39 is 0 Å². The number of nitrogens with zero attached hydrogens (tertiary/aromatic N) is 4. The van der Waals surface area contributed by atoms with Crippen LogP contribution in [-0.4, -0.2) is 29.1 Å². The molecule has 178 valence electrons. The second-order valence-electron chi connectivity index (χ2n) is 8.33. The molecule has 0 spiro atoms. The molecule has 1 aromatic heterocycles. The third kappa shape index (κ3) is 4.43. The van der Waals surface area contributed by atoms with Gasteiger partial charge in [-0.1, -0.05) is 53.7 Å². The van der Waals surface area contributed by atoms with Crippen LogP contribution in [0.2, 0.25) is 0 Å². The molecule has 1 aliphatic heterocycles. The maximum atomic E-state index is 6.17. The van der Waals surface area contributed by atoms with Crippen molar-refractivity contribution in [1.29, 1.82) is 0 Å². The maximum Gasteiger partial charge on any atom is 2.00 e. The van der Waals surface area contributed by atoms with E-state index in [0.717, 1.165) is 39.4 Å². The van der Waals surface area contributed by atoms with Gasteiger partial charge in [-0.2, -0.15) is 17.2 Å². The van der Waals surface area contributed by atoms with Crippen LogP contribution in [0.3, 0.4) is 0 Å². The van der Waals surface area contributed by atoms with Gasteiger partial charge in [-0.15, -0.1) is 41.4 Å². The summed E-state index contributed by atoms with van der Waals surface area (Å²) in [5, 5.41) is 8.65. The average molecular weight is 651 g/mol. The van der Waals surface area contributed by atoms with Crippen LogP contribution in [0.25, 0.3) is 22.5 Å². The van der Waals surface area contributed by atoms with E-state index in [9.17, 15) is 0 Å². The van der Waals surface area contributed by atoms with E-state index in [-0.39, 0.29) is 28.1 Å². The van der Waals surface area contributed by atoms with Crippen molar-refractivity contribution in [3.63, 3.8) is 0 Å². The Hall–Kier alpha value is -3.83. The minimum absolute atomic E-state index is 0. The van der Waals surface area contributed by atoms with Crippen molar-refractivity contribution >= 4 is 18.2 Å². The molecule has 0 aliphatic carbocycles. The Morgan fingerprint density at radius 3 is 2.33 bits per heavy atom. The molecule has 0 saturated heterocycles. The van der Waals surface area contributed by atoms with Crippen LogP contribution in [0.5, 0.6) is 17.2 Å². The predicted molar refractivity (Wildman–Crippen MR) is 137 cm³/mol. The Bertz CT molecular complexity index is 1510. The van der Waals surface area contributed by atoms with E-state index in [0.29, 0.717) is 11.5 Å². The maximum absolute atomic E-state index is 6.17. The molecule has 2 heterocycles. The summed E-state index contributed by atoms with van der Waals surface area (Å²) in [6, 6.07) is 36.4. The van der Waals surface area contributed by atoms with Gasteiger partial charge in [-0.3, -0.25) is 4.68 Å². The fourth-order valence-corrected chi connectivity index (χ4v) is 4.34. The number of benzene rings is 4. The number of hydrogen-bond donors (Lipinski definition) is 0. The molecular formula is C28H21BN4O2Pt. The summed E-state index contributed by atoms with van der Waals surface area (Å²) in [6.45, 7) is 0. The third-order valence-electron chi connectivity index (χ3n) is 6.01. The van der Waals surface area contributed by atoms with Crippen LogP contribution < -0.4 is 19.7 Å². The molecule has 0 unspecified atom stereocenters. The molecule has 6 nitrogen and oxygen atoms in total. The second-order valence-corrected chi connectivity index (χ2v) is 8.33. The number of anilines is 1. The first kappa shape index (κ1) is 23.9. The smallest absolute Gasteiger partial charge is 0.537 e. The minimum Gasteiger partial charge on any atom is -0.537 e. The van der Waals surface area contributed by atoms with E-state index in [1.54, 1.807) is 4.68 Å². The first-order valence-electron chi connectivity index (χ1n) is 11.3. The molecule has 8 heteroatoms. The monoisotopic (exact) mass is 651 g/mol. The quantitative estimate of drug-likeness (QED) is 0.203. The number of aryl methyl sites for hydroxylation is 1. The summed E-state index contributed by atoms with van der Waals surface area (Å²) in [6.07, 6.45) is 0. The number of para-hydroxylation sites is 2. The molecule has 4 aromatic carbocycles. The molecular weight excluding hydrogens is 630 g/mol. The summed E-state index contributed by atoms with van der Waals surface area (Å²) in [5.74, 6) is 2.02. The van der Waals surface area contributed by atoms with Gasteiger partial charge in [0.1, 0.15) is 5.75 Å². The SMILES string of the molecule is CN1B(c2[c-]c(Oc3[c-]c(-c4nnn(C)c4-c4ccccc4)ccc3)ccc2)Oc2ccccc21.[Pt+2]. The van der Waals surface area contributed by atoms with Gasteiger partial charge in [-0.25, -0.2) is 0 Å². The van der Waals surface area contributed by atoms with Gasteiger partial charge in [0.15, 0.2) is 0 Å². The number of rotatable bonds is 5. The molecule has 0 amide bonds. The molecule has 6 rings (SSSR count). The van der Waals surface area contributed by atoms with Crippen molar-refractivity contribution in [3.8, 4) is 39.8 Å². The Balaban J connectivity index is 0.00000267. The van der Waals surface area contributed by atoms with Crippen LogP contribution in [0.15, 0.2) is 91.0 Å². The summed E-state index contributed by atoms with van der Waals surface area (Å²) < 4.78 is 14.1. The van der Waals surface area contributed by atoms with Crippen LogP contribution in [0.4, 0.5) is 5.69 Å². The van der Waals surface area contributed by atoms with Crippen molar-refractivity contribution in [2.45, 2.75) is 0 Å². The topological polar surface area (TPSA) is 52.4 Å². The summed E-state index contributed by atoms with van der Waals surface area (Å²) in [4.78, 5) is 2.09. The van der Waals surface area contributed by atoms with Crippen LogP contribution >= 0.6 is 0 Å². The van der Waals surface area contributed by atoms with Crippen molar-refractivity contribution in [2.24, 2.45) is 7.05 Å². The van der Waals surface area contributed by atoms with Gasteiger partial charge in [0, 0.05) is 24.2 Å². The first-order valence-corrected chi connectivity index (χ1v) is 11.3. The molecule has 1 aliphatic rings. The van der Waals surface area contributed by atoms with Crippen LogP contribution in [0.1, 0.15) is 0 Å². The zero-order chi connectivity index (χ0) is 23.8. The number of fused-ring (bicyclic) bond motifs is 1. The Labute approximate surface area is 224 Å². The molecule has 36 heavy (non-hydrogen) atoms. The molecule has 0 N–H and O–H groups in total. The van der Waals surface area contributed by atoms with Crippen molar-refractivity contribution in [1.82, 2.24) is 15.0 Å². The molecule has 5 aromatic rings. The second kappa shape index (κ2) is 10.0. The van der Waals surface area contributed by atoms with Crippen molar-refractivity contribution < 1.29 is 30.5 Å². The van der Waals surface area contributed by atoms with Gasteiger partial charge in [0.05, 0.1) is 11.4 Å². The summed E-state index contributed by atoms with van der Waals surface area (Å²) in [7, 11) is 3.64. The molecule has 0 fully saturated rings. The predicted octanol–water partition coefficient (Wildman–Crippen LogP) is 4.76. The fourth-order valence-electron chi connectivity index (χ4n) is 4.34. The number of aromatic nitrogens is 3. The van der Waals surface area contributed by atoms with Gasteiger partial charge in [-0.05, 0) is 24.7 Å². The first-order chi connectivity index (χ1) is 17.2. The summed E-state index contributed by atoms with van der Waals surface area (Å²) >= 11 is 0. The summed E-state index contributed by atoms with van der Waals surface area (Å²) in [5.41, 5.74) is 5.46. The number of hydrogen-bond acceptors (Lipinski definition) is 5. The number of ether oxygens (including phenoxy) is 1. The third-order valence-corrected chi connectivity index (χ3v) is 6.01. The van der Waals surface area contributed by atoms with Crippen LogP contribution in [-0.2, 0) is 28.1 Å². The van der Waals surface area contributed by atoms with Gasteiger partial charge >= 0.3 is 28.1 Å². The van der Waals surface area contributed by atoms with Crippen molar-refractivity contribution in [2.75, 3.05) is 11.9 Å². The van der Waals surface area contributed by atoms with Gasteiger partial charge < -0.3 is 14.2 Å². The van der Waals surface area contributed by atoms with E-state index in [1.807, 2.05) is 105 Å². The minimum atomic E-state index is -0.265. The van der Waals surface area contributed by atoms with E-state index in [4.69, 9.17) is 9.39 Å². The standard InChI is InChI=1S/C28H21BN4O2.Pt/c1-32-25-16-6-7-17-26(25)35-29(32)22-13-9-15-24(19-22)34-23-14-8-12-21(18-23)27-28(33(2)31-30-27)20-10-4-3-5-11-20;/h3-17H,1-2H3;/q-2;+2. The molecule has 0 bridgehead atoms. The Kier molecular flexibility index (Phi) is 6.66. The van der Waals surface area contributed by atoms with Crippen molar-refractivity contribution in [3.05, 3.63) is 103 Å². The van der Waals surface area contributed by atoms with Gasteiger partial charge in [0.25, 0.3) is 0 Å².